The normalized spacial score (nSPS) is 18.2. The van der Waals surface area contributed by atoms with E-state index in [4.69, 9.17) is 20.9 Å². The van der Waals surface area contributed by atoms with Crippen molar-refractivity contribution in [2.24, 2.45) is 0 Å². The molecule has 1 unspecified atom stereocenters. The number of piperazine rings is 1. The minimum Gasteiger partial charge on any atom is -0.444 e. The topological polar surface area (TPSA) is 80.5 Å². The number of ether oxygens (including phenoxy) is 1. The van der Waals surface area contributed by atoms with E-state index < -0.39 is 5.60 Å². The molecule has 1 atom stereocenters. The maximum Gasteiger partial charge on any atom is 0.410 e. The fourth-order valence-corrected chi connectivity index (χ4v) is 2.72. The number of rotatable bonds is 2. The second-order valence-corrected chi connectivity index (χ2v) is 7.34. The predicted molar refractivity (Wildman–Crippen MR) is 93.3 cm³/mol. The summed E-state index contributed by atoms with van der Waals surface area (Å²) in [6, 6.07) is 7.02. The lowest BCUT2D eigenvalue weighted by molar-refractivity contribution is 0.0184. The van der Waals surface area contributed by atoms with Crippen molar-refractivity contribution in [3.05, 3.63) is 35.2 Å². The predicted octanol–water partition coefficient (Wildman–Crippen LogP) is 3.27. The third-order valence-corrected chi connectivity index (χ3v) is 3.88. The van der Waals surface area contributed by atoms with Crippen molar-refractivity contribution < 1.29 is 14.1 Å². The zero-order valence-corrected chi connectivity index (χ0v) is 15.2. The summed E-state index contributed by atoms with van der Waals surface area (Å²) in [4.78, 5) is 18.3. The number of nitrogens with one attached hydrogen (secondary N) is 1. The van der Waals surface area contributed by atoms with Crippen molar-refractivity contribution in [3.8, 4) is 11.4 Å². The van der Waals surface area contributed by atoms with E-state index in [2.05, 4.69) is 15.5 Å². The van der Waals surface area contributed by atoms with Crippen LogP contribution in [0.4, 0.5) is 4.79 Å². The molecule has 0 bridgehead atoms. The Morgan fingerprint density at radius 1 is 1.44 bits per heavy atom. The summed E-state index contributed by atoms with van der Waals surface area (Å²) in [7, 11) is 0. The van der Waals surface area contributed by atoms with Gasteiger partial charge in [0.25, 0.3) is 0 Å². The van der Waals surface area contributed by atoms with E-state index in [1.54, 1.807) is 17.0 Å². The van der Waals surface area contributed by atoms with Crippen LogP contribution in [-0.4, -0.2) is 46.4 Å². The van der Waals surface area contributed by atoms with Crippen LogP contribution in [0.2, 0.25) is 5.02 Å². The molecular weight excluding hydrogens is 344 g/mol. The molecule has 1 N–H and O–H groups in total. The zero-order chi connectivity index (χ0) is 18.0. The Kier molecular flexibility index (Phi) is 4.96. The van der Waals surface area contributed by atoms with Crippen LogP contribution in [0.1, 0.15) is 32.7 Å². The van der Waals surface area contributed by atoms with Gasteiger partial charge in [-0.25, -0.2) is 4.79 Å². The molecule has 1 saturated heterocycles. The summed E-state index contributed by atoms with van der Waals surface area (Å²) in [6.07, 6.45) is -0.339. The molecule has 0 aliphatic carbocycles. The third-order valence-electron chi connectivity index (χ3n) is 3.65. The molecule has 7 nitrogen and oxygen atoms in total. The number of hydrogen-bond acceptors (Lipinski definition) is 6. The molecule has 1 amide bonds. The van der Waals surface area contributed by atoms with Gasteiger partial charge in [0, 0.05) is 30.2 Å². The van der Waals surface area contributed by atoms with E-state index in [-0.39, 0.29) is 12.1 Å². The Morgan fingerprint density at radius 3 is 2.96 bits per heavy atom. The van der Waals surface area contributed by atoms with Crippen molar-refractivity contribution in [2.75, 3.05) is 19.6 Å². The molecule has 0 saturated carbocycles. The molecule has 1 aliphatic rings. The van der Waals surface area contributed by atoms with E-state index >= 15 is 0 Å². The molecule has 3 rings (SSSR count). The number of halogens is 1. The molecule has 1 aromatic heterocycles. The Morgan fingerprint density at radius 2 is 2.24 bits per heavy atom. The maximum atomic E-state index is 12.2. The first-order valence-corrected chi connectivity index (χ1v) is 8.50. The molecule has 1 aliphatic heterocycles. The minimum absolute atomic E-state index is 0.235. The van der Waals surface area contributed by atoms with Crippen LogP contribution < -0.4 is 5.32 Å². The second kappa shape index (κ2) is 7.01. The summed E-state index contributed by atoms with van der Waals surface area (Å²) in [5, 5.41) is 7.91. The van der Waals surface area contributed by atoms with Crippen LogP contribution in [0.5, 0.6) is 0 Å². The largest absolute Gasteiger partial charge is 0.444 e. The van der Waals surface area contributed by atoms with E-state index in [1.165, 1.54) is 0 Å². The highest BCUT2D eigenvalue weighted by atomic mass is 35.5. The fraction of sp³-hybridized carbons (Fsp3) is 0.471. The maximum absolute atomic E-state index is 12.2. The lowest BCUT2D eigenvalue weighted by Crippen LogP contribution is -2.49. The summed E-state index contributed by atoms with van der Waals surface area (Å²) >= 11 is 6.00. The Bertz CT molecular complexity index is 756. The van der Waals surface area contributed by atoms with Crippen molar-refractivity contribution in [1.29, 1.82) is 0 Å². The van der Waals surface area contributed by atoms with Crippen molar-refractivity contribution in [2.45, 2.75) is 32.4 Å². The molecular formula is C17H21ClN4O3. The molecule has 1 aromatic carbocycles. The second-order valence-electron chi connectivity index (χ2n) is 6.90. The number of amides is 1. The van der Waals surface area contributed by atoms with Crippen LogP contribution in [0.25, 0.3) is 11.4 Å². The highest BCUT2D eigenvalue weighted by Crippen LogP contribution is 2.23. The monoisotopic (exact) mass is 364 g/mol. The van der Waals surface area contributed by atoms with Gasteiger partial charge in [0.1, 0.15) is 11.6 Å². The third kappa shape index (κ3) is 4.49. The fourth-order valence-electron chi connectivity index (χ4n) is 2.53. The lowest BCUT2D eigenvalue weighted by atomic mass is 10.2. The van der Waals surface area contributed by atoms with Crippen molar-refractivity contribution in [1.82, 2.24) is 20.4 Å². The smallest absolute Gasteiger partial charge is 0.410 e. The number of hydrogen-bond donors (Lipinski definition) is 1. The van der Waals surface area contributed by atoms with Crippen LogP contribution in [-0.2, 0) is 4.74 Å². The van der Waals surface area contributed by atoms with Gasteiger partial charge in [-0.15, -0.1) is 0 Å². The summed E-state index contributed by atoms with van der Waals surface area (Å²) in [5.41, 5.74) is 0.254. The van der Waals surface area contributed by atoms with Gasteiger partial charge >= 0.3 is 6.09 Å². The van der Waals surface area contributed by atoms with Crippen LogP contribution in [0.15, 0.2) is 28.8 Å². The van der Waals surface area contributed by atoms with Crippen molar-refractivity contribution in [3.63, 3.8) is 0 Å². The minimum atomic E-state index is -0.526. The zero-order valence-electron chi connectivity index (χ0n) is 14.5. The number of nitrogens with zero attached hydrogens (tertiary/aromatic N) is 3. The number of benzene rings is 1. The summed E-state index contributed by atoms with van der Waals surface area (Å²) in [5.74, 6) is 0.900. The molecule has 0 spiro atoms. The highest BCUT2D eigenvalue weighted by molar-refractivity contribution is 6.30. The van der Waals surface area contributed by atoms with E-state index in [9.17, 15) is 4.79 Å². The number of carbonyl (C=O) groups excluding carboxylic acids is 1. The molecule has 25 heavy (non-hydrogen) atoms. The van der Waals surface area contributed by atoms with Gasteiger partial charge in [-0.2, -0.15) is 4.98 Å². The van der Waals surface area contributed by atoms with E-state index in [0.717, 1.165) is 5.56 Å². The van der Waals surface area contributed by atoms with Gasteiger partial charge in [-0.3, -0.25) is 0 Å². The standard InChI is InChI=1S/C17H21ClN4O3/c1-17(2,3)24-16(23)22-8-7-19-13(10-22)15-20-14(21-25-15)11-5-4-6-12(18)9-11/h4-6,9,13,19H,7-8,10H2,1-3H3. The van der Waals surface area contributed by atoms with Gasteiger partial charge in [-0.05, 0) is 32.9 Å². The highest BCUT2D eigenvalue weighted by Gasteiger charge is 2.30. The molecule has 0 radical (unpaired) electrons. The van der Waals surface area contributed by atoms with Crippen LogP contribution in [0, 0.1) is 0 Å². The molecule has 134 valence electrons. The summed E-state index contributed by atoms with van der Waals surface area (Å²) in [6.45, 7) is 7.14. The van der Waals surface area contributed by atoms with E-state index in [0.29, 0.717) is 36.4 Å². The molecule has 2 heterocycles. The Balaban J connectivity index is 1.71. The molecule has 1 fully saturated rings. The first-order chi connectivity index (χ1) is 11.8. The lowest BCUT2D eigenvalue weighted by Gasteiger charge is -2.33. The average molecular weight is 365 g/mol. The van der Waals surface area contributed by atoms with Gasteiger partial charge < -0.3 is 19.5 Å². The number of carbonyl (C=O) groups is 1. The van der Waals surface area contributed by atoms with Crippen LogP contribution in [0.3, 0.4) is 0 Å². The SMILES string of the molecule is CC(C)(C)OC(=O)N1CCNC(c2nc(-c3cccc(Cl)c3)no2)C1. The van der Waals surface area contributed by atoms with Gasteiger partial charge in [0.2, 0.25) is 11.7 Å². The average Bonchev–Trinajstić information content (AvgIpc) is 3.03. The van der Waals surface area contributed by atoms with Gasteiger partial charge in [0.05, 0.1) is 0 Å². The van der Waals surface area contributed by atoms with Crippen molar-refractivity contribution >= 4 is 17.7 Å². The molecule has 8 heteroatoms. The van der Waals surface area contributed by atoms with Gasteiger partial charge in [0.15, 0.2) is 0 Å². The van der Waals surface area contributed by atoms with Gasteiger partial charge in [-0.1, -0.05) is 28.9 Å². The first-order valence-electron chi connectivity index (χ1n) is 8.13. The summed E-state index contributed by atoms with van der Waals surface area (Å²) < 4.78 is 10.8. The number of aromatic nitrogens is 2. The van der Waals surface area contributed by atoms with E-state index in [1.807, 2.05) is 32.9 Å². The Hall–Kier alpha value is -2.12. The Labute approximate surface area is 151 Å². The quantitative estimate of drug-likeness (QED) is 0.880. The first kappa shape index (κ1) is 17.7. The molecule has 2 aromatic rings. The van der Waals surface area contributed by atoms with Crippen LogP contribution >= 0.6 is 11.6 Å².